The highest BCUT2D eigenvalue weighted by atomic mass is 16.6. The summed E-state index contributed by atoms with van der Waals surface area (Å²) in [7, 11) is 0. The van der Waals surface area contributed by atoms with Gasteiger partial charge in [0, 0.05) is 13.1 Å². The topological polar surface area (TPSA) is 134 Å². The van der Waals surface area contributed by atoms with E-state index in [0.29, 0.717) is 25.8 Å². The number of carbonyl (C=O) groups is 5. The lowest BCUT2D eigenvalue weighted by Gasteiger charge is -2.35. The molecule has 4 amide bonds. The number of Topliss-reactive ketones (excluding diaryl/α,β-unsaturated/α-hetero) is 1. The van der Waals surface area contributed by atoms with Crippen molar-refractivity contribution >= 4 is 29.6 Å². The molecule has 2 rings (SSSR count). The highest BCUT2D eigenvalue weighted by Crippen LogP contribution is 2.29. The van der Waals surface area contributed by atoms with E-state index in [0.717, 1.165) is 32.1 Å². The second-order valence-corrected chi connectivity index (χ2v) is 10.6. The number of hydrogen-bond donors (Lipinski definition) is 3. The van der Waals surface area contributed by atoms with Crippen LogP contribution < -0.4 is 16.0 Å². The Morgan fingerprint density at radius 1 is 1.03 bits per heavy atom. The van der Waals surface area contributed by atoms with Crippen molar-refractivity contribution in [3.8, 4) is 0 Å². The number of rotatable bonds is 10. The Hall–Kier alpha value is -2.91. The van der Waals surface area contributed by atoms with Crippen LogP contribution in [0.5, 0.6) is 0 Å². The highest BCUT2D eigenvalue weighted by Gasteiger charge is 2.41. The van der Waals surface area contributed by atoms with E-state index in [2.05, 4.69) is 22.5 Å². The number of nitrogens with zero attached hydrogens (tertiary/aromatic N) is 1. The fourth-order valence-electron chi connectivity index (χ4n) is 4.71. The Labute approximate surface area is 213 Å². The highest BCUT2D eigenvalue weighted by molar-refractivity contribution is 6.38. The summed E-state index contributed by atoms with van der Waals surface area (Å²) in [6, 6.07) is -2.60. The third-order valence-electron chi connectivity index (χ3n) is 6.51. The molecule has 1 saturated heterocycles. The number of ketones is 1. The predicted molar refractivity (Wildman–Crippen MR) is 135 cm³/mol. The van der Waals surface area contributed by atoms with Crippen LogP contribution in [0.4, 0.5) is 4.79 Å². The average molecular weight is 507 g/mol. The van der Waals surface area contributed by atoms with Gasteiger partial charge in [0.05, 0.1) is 6.04 Å². The maximum Gasteiger partial charge on any atom is 0.408 e. The van der Waals surface area contributed by atoms with Gasteiger partial charge < -0.3 is 25.6 Å². The number of ether oxygens (including phenoxy) is 1. The minimum atomic E-state index is -1.03. The second-order valence-electron chi connectivity index (χ2n) is 10.6. The van der Waals surface area contributed by atoms with Gasteiger partial charge in [0.1, 0.15) is 17.7 Å². The van der Waals surface area contributed by atoms with Crippen molar-refractivity contribution in [1.82, 2.24) is 20.9 Å². The molecule has 3 N–H and O–H groups in total. The van der Waals surface area contributed by atoms with Crippen LogP contribution in [0.1, 0.15) is 79.1 Å². The first-order valence-corrected chi connectivity index (χ1v) is 13.0. The summed E-state index contributed by atoms with van der Waals surface area (Å²) < 4.78 is 5.40. The van der Waals surface area contributed by atoms with Gasteiger partial charge in [-0.2, -0.15) is 0 Å². The lowest BCUT2D eigenvalue weighted by Crippen LogP contribution is -2.57. The quantitative estimate of drug-likeness (QED) is 0.236. The molecule has 1 heterocycles. The predicted octanol–water partition coefficient (Wildman–Crippen LogP) is 2.22. The number of carbonyl (C=O) groups excluding carboxylic acids is 5. The fraction of sp³-hybridized carbons (Fsp3) is 0.731. The molecule has 0 aromatic heterocycles. The van der Waals surface area contributed by atoms with E-state index in [-0.39, 0.29) is 18.4 Å². The largest absolute Gasteiger partial charge is 0.444 e. The molecular weight excluding hydrogens is 464 g/mol. The van der Waals surface area contributed by atoms with E-state index in [1.54, 1.807) is 26.8 Å². The van der Waals surface area contributed by atoms with Gasteiger partial charge in [-0.05, 0) is 65.7 Å². The molecule has 3 unspecified atom stereocenters. The molecule has 0 spiro atoms. The lowest BCUT2D eigenvalue weighted by molar-refractivity contribution is -0.143. The molecule has 202 valence electrons. The molecule has 0 bridgehead atoms. The van der Waals surface area contributed by atoms with Crippen LogP contribution in [0.15, 0.2) is 12.7 Å². The number of amides is 4. The molecular formula is C26H42N4O6. The van der Waals surface area contributed by atoms with Gasteiger partial charge in [-0.25, -0.2) is 4.79 Å². The third-order valence-corrected chi connectivity index (χ3v) is 6.51. The van der Waals surface area contributed by atoms with E-state index in [9.17, 15) is 24.0 Å². The van der Waals surface area contributed by atoms with Crippen LogP contribution in [-0.2, 0) is 23.9 Å². The van der Waals surface area contributed by atoms with Crippen molar-refractivity contribution in [3.05, 3.63) is 12.7 Å². The summed E-state index contributed by atoms with van der Waals surface area (Å²) in [6.07, 6.45) is 7.21. The summed E-state index contributed by atoms with van der Waals surface area (Å²) in [4.78, 5) is 65.2. The standard InChI is InChI=1S/C26H42N4O6/c1-6-7-15-27-23(33)21(31)17(2)28-22(32)19-14-11-16-30(19)24(34)20(18-12-9-8-10-13-18)29-25(35)36-26(3,4)5/h6,17-20H,1,7-16H2,2-5H3,(H,27,33)(H,28,32)(H,29,35). The number of alkyl carbamates (subject to hydrolysis) is 1. The molecule has 10 nitrogen and oxygen atoms in total. The average Bonchev–Trinajstić information content (AvgIpc) is 3.31. The SMILES string of the molecule is C=CCCNC(=O)C(=O)C(C)NC(=O)C1CCCN1C(=O)C(NC(=O)OC(C)(C)C)C1CCCCC1. The van der Waals surface area contributed by atoms with Gasteiger partial charge in [-0.3, -0.25) is 19.2 Å². The van der Waals surface area contributed by atoms with E-state index < -0.39 is 47.4 Å². The van der Waals surface area contributed by atoms with Gasteiger partial charge in [0.2, 0.25) is 17.6 Å². The Morgan fingerprint density at radius 2 is 1.69 bits per heavy atom. The first kappa shape index (κ1) is 29.3. The second kappa shape index (κ2) is 13.4. The summed E-state index contributed by atoms with van der Waals surface area (Å²) in [6.45, 7) is 10.9. The van der Waals surface area contributed by atoms with Crippen LogP contribution >= 0.6 is 0 Å². The number of nitrogens with one attached hydrogen (secondary N) is 3. The van der Waals surface area contributed by atoms with Gasteiger partial charge in [-0.15, -0.1) is 6.58 Å². The summed E-state index contributed by atoms with van der Waals surface area (Å²) in [5, 5.41) is 7.86. The molecule has 36 heavy (non-hydrogen) atoms. The molecule has 1 aliphatic carbocycles. The van der Waals surface area contributed by atoms with Crippen molar-refractivity contribution in [2.45, 2.75) is 103 Å². The zero-order valence-corrected chi connectivity index (χ0v) is 22.1. The fourth-order valence-corrected chi connectivity index (χ4v) is 4.71. The molecule has 3 atom stereocenters. The maximum atomic E-state index is 13.7. The molecule has 2 aliphatic rings. The van der Waals surface area contributed by atoms with E-state index in [1.165, 1.54) is 11.8 Å². The Balaban J connectivity index is 2.08. The van der Waals surface area contributed by atoms with Gasteiger partial charge >= 0.3 is 6.09 Å². The lowest BCUT2D eigenvalue weighted by atomic mass is 9.83. The summed E-state index contributed by atoms with van der Waals surface area (Å²) >= 11 is 0. The van der Waals surface area contributed by atoms with E-state index in [1.807, 2.05) is 0 Å². The molecule has 0 radical (unpaired) electrons. The van der Waals surface area contributed by atoms with Crippen molar-refractivity contribution in [3.63, 3.8) is 0 Å². The zero-order chi connectivity index (χ0) is 26.9. The normalized spacial score (nSPS) is 20.1. The summed E-state index contributed by atoms with van der Waals surface area (Å²) in [5.74, 6) is -2.37. The third kappa shape index (κ3) is 8.64. The first-order valence-electron chi connectivity index (χ1n) is 13.0. The number of likely N-dealkylation sites (tertiary alicyclic amines) is 1. The van der Waals surface area contributed by atoms with Gasteiger partial charge in [0.15, 0.2) is 0 Å². The van der Waals surface area contributed by atoms with Crippen molar-refractivity contribution in [1.29, 1.82) is 0 Å². The molecule has 0 aromatic rings. The number of hydrogen-bond acceptors (Lipinski definition) is 6. The molecule has 0 aromatic carbocycles. The van der Waals surface area contributed by atoms with Crippen LogP contribution in [0.3, 0.4) is 0 Å². The monoisotopic (exact) mass is 506 g/mol. The molecule has 1 saturated carbocycles. The van der Waals surface area contributed by atoms with Gasteiger partial charge in [0.25, 0.3) is 5.91 Å². The summed E-state index contributed by atoms with van der Waals surface area (Å²) in [5.41, 5.74) is -0.707. The maximum absolute atomic E-state index is 13.7. The van der Waals surface area contributed by atoms with E-state index >= 15 is 0 Å². The Bertz CT molecular complexity index is 831. The molecule has 2 fully saturated rings. The smallest absolute Gasteiger partial charge is 0.408 e. The minimum absolute atomic E-state index is 0.0390. The van der Waals surface area contributed by atoms with Crippen molar-refractivity contribution in [2.24, 2.45) is 5.92 Å². The van der Waals surface area contributed by atoms with E-state index in [4.69, 9.17) is 4.74 Å². The van der Waals surface area contributed by atoms with Crippen LogP contribution in [0.2, 0.25) is 0 Å². The molecule has 1 aliphatic heterocycles. The van der Waals surface area contributed by atoms with Crippen LogP contribution in [0.25, 0.3) is 0 Å². The minimum Gasteiger partial charge on any atom is -0.444 e. The zero-order valence-electron chi connectivity index (χ0n) is 22.1. The van der Waals surface area contributed by atoms with Crippen molar-refractivity contribution < 1.29 is 28.7 Å². The van der Waals surface area contributed by atoms with Gasteiger partial charge in [-0.1, -0.05) is 25.3 Å². The Kier molecular flexibility index (Phi) is 10.9. The van der Waals surface area contributed by atoms with Crippen LogP contribution in [0, 0.1) is 5.92 Å². The van der Waals surface area contributed by atoms with Crippen LogP contribution in [-0.4, -0.2) is 71.3 Å². The molecule has 10 heteroatoms. The first-order chi connectivity index (χ1) is 16.9. The van der Waals surface area contributed by atoms with Crippen molar-refractivity contribution in [2.75, 3.05) is 13.1 Å². The Morgan fingerprint density at radius 3 is 2.31 bits per heavy atom.